The molecule has 1 heterocycles. The van der Waals surface area contributed by atoms with Gasteiger partial charge in [-0.1, -0.05) is 48.1 Å². The number of amides is 2. The van der Waals surface area contributed by atoms with Crippen molar-refractivity contribution in [2.45, 2.75) is 25.9 Å². The first kappa shape index (κ1) is 20.6. The average Bonchev–Trinajstić information content (AvgIpc) is 2.65. The Hall–Kier alpha value is -2.15. The number of nitrogens with one attached hydrogen (secondary N) is 2. The lowest BCUT2D eigenvalue weighted by Gasteiger charge is -2.37. The third-order valence-electron chi connectivity index (χ3n) is 4.12. The second-order valence-electron chi connectivity index (χ2n) is 6.21. The molecule has 0 aliphatic carbocycles. The van der Waals surface area contributed by atoms with Gasteiger partial charge in [-0.3, -0.25) is 15.0 Å². The molecule has 0 radical (unpaired) electrons. The molecule has 3 rings (SSSR count). The van der Waals surface area contributed by atoms with E-state index in [1.807, 2.05) is 6.92 Å². The van der Waals surface area contributed by atoms with E-state index >= 15 is 0 Å². The van der Waals surface area contributed by atoms with E-state index in [0.717, 1.165) is 6.42 Å². The quantitative estimate of drug-likeness (QED) is 0.677. The lowest BCUT2D eigenvalue weighted by atomic mass is 10.1. The van der Waals surface area contributed by atoms with Crippen molar-refractivity contribution in [2.75, 3.05) is 11.9 Å². The van der Waals surface area contributed by atoms with Crippen LogP contribution in [-0.4, -0.2) is 29.6 Å². The van der Waals surface area contributed by atoms with Gasteiger partial charge in [0.2, 0.25) is 0 Å². The van der Waals surface area contributed by atoms with E-state index in [1.54, 1.807) is 30.3 Å². The van der Waals surface area contributed by atoms with Crippen LogP contribution in [0, 0.1) is 0 Å². The molecule has 0 aromatic heterocycles. The second-order valence-corrected chi connectivity index (χ2v) is 7.49. The first-order valence-corrected chi connectivity index (χ1v) is 9.79. The van der Waals surface area contributed by atoms with Crippen LogP contribution < -0.4 is 15.5 Å². The van der Waals surface area contributed by atoms with Crippen LogP contribution in [-0.2, 0) is 4.79 Å². The van der Waals surface area contributed by atoms with Gasteiger partial charge in [-0.25, -0.2) is 5.01 Å². The maximum atomic E-state index is 12.9. The minimum Gasteiger partial charge on any atom is -0.482 e. The molecule has 1 aliphatic rings. The number of nitrogens with zero attached hydrogens (tertiary/aromatic N) is 1. The summed E-state index contributed by atoms with van der Waals surface area (Å²) < 4.78 is 5.43. The molecule has 6 nitrogen and oxygen atoms in total. The minimum absolute atomic E-state index is 0.295. The Bertz CT molecular complexity index is 907. The molecule has 2 amide bonds. The Kier molecular flexibility index (Phi) is 6.54. The molecule has 0 bridgehead atoms. The standard InChI is InChI=1S/C19H18Cl3N3O3/c1-2-3-17-23-15-6-4-11(20)8-13(15)19(27)25(17)24-18(26)10-28-16-7-5-12(21)9-14(16)22/h4-9,17,23H,2-3,10H2,1H3,(H,24,26). The molecule has 2 N–H and O–H groups in total. The van der Waals surface area contributed by atoms with Crippen molar-refractivity contribution < 1.29 is 14.3 Å². The summed E-state index contributed by atoms with van der Waals surface area (Å²) in [7, 11) is 0. The number of anilines is 1. The van der Waals surface area contributed by atoms with Crippen LogP contribution in [0.25, 0.3) is 0 Å². The van der Waals surface area contributed by atoms with Crippen molar-refractivity contribution in [1.29, 1.82) is 0 Å². The summed E-state index contributed by atoms with van der Waals surface area (Å²) in [6.07, 6.45) is 1.09. The fourth-order valence-electron chi connectivity index (χ4n) is 2.84. The number of carbonyl (C=O) groups is 2. The van der Waals surface area contributed by atoms with Gasteiger partial charge in [0, 0.05) is 15.7 Å². The maximum Gasteiger partial charge on any atom is 0.276 e. The van der Waals surface area contributed by atoms with E-state index in [2.05, 4.69) is 10.7 Å². The molecule has 148 valence electrons. The summed E-state index contributed by atoms with van der Waals surface area (Å²) >= 11 is 17.9. The smallest absolute Gasteiger partial charge is 0.276 e. The van der Waals surface area contributed by atoms with Gasteiger partial charge in [-0.15, -0.1) is 0 Å². The minimum atomic E-state index is -0.493. The van der Waals surface area contributed by atoms with Gasteiger partial charge >= 0.3 is 0 Å². The van der Waals surface area contributed by atoms with Gasteiger partial charge in [0.15, 0.2) is 6.61 Å². The number of carbonyl (C=O) groups excluding carboxylic acids is 2. The summed E-state index contributed by atoms with van der Waals surface area (Å²) in [5.41, 5.74) is 3.68. The van der Waals surface area contributed by atoms with E-state index in [4.69, 9.17) is 39.5 Å². The third-order valence-corrected chi connectivity index (χ3v) is 4.89. The van der Waals surface area contributed by atoms with Gasteiger partial charge in [-0.2, -0.15) is 0 Å². The van der Waals surface area contributed by atoms with Crippen LogP contribution in [0.2, 0.25) is 15.1 Å². The summed E-state index contributed by atoms with van der Waals surface area (Å²) in [5.74, 6) is -0.508. The molecule has 2 aromatic rings. The molecule has 0 spiro atoms. The fraction of sp³-hybridized carbons (Fsp3) is 0.263. The number of hydrazine groups is 1. The molecule has 2 aromatic carbocycles. The van der Waals surface area contributed by atoms with Gasteiger partial charge in [0.05, 0.1) is 10.6 Å². The van der Waals surface area contributed by atoms with Crippen molar-refractivity contribution in [3.8, 4) is 5.75 Å². The Morgan fingerprint density at radius 1 is 1.18 bits per heavy atom. The molecule has 0 fully saturated rings. The zero-order chi connectivity index (χ0) is 20.3. The van der Waals surface area contributed by atoms with E-state index in [-0.39, 0.29) is 18.7 Å². The predicted molar refractivity (Wildman–Crippen MR) is 110 cm³/mol. The van der Waals surface area contributed by atoms with Gasteiger partial charge in [-0.05, 0) is 42.8 Å². The SMILES string of the molecule is CCCC1Nc2ccc(Cl)cc2C(=O)N1NC(=O)COc1ccc(Cl)cc1Cl. The number of rotatable bonds is 6. The van der Waals surface area contributed by atoms with E-state index in [0.29, 0.717) is 38.5 Å². The molecule has 1 aliphatic heterocycles. The highest BCUT2D eigenvalue weighted by atomic mass is 35.5. The van der Waals surface area contributed by atoms with Crippen molar-refractivity contribution >= 4 is 52.3 Å². The van der Waals surface area contributed by atoms with Gasteiger partial charge < -0.3 is 10.1 Å². The average molecular weight is 443 g/mol. The molecular formula is C19H18Cl3N3O3. The third kappa shape index (κ3) is 4.63. The lowest BCUT2D eigenvalue weighted by molar-refractivity contribution is -0.127. The number of ether oxygens (including phenoxy) is 1. The van der Waals surface area contributed by atoms with Crippen molar-refractivity contribution in [1.82, 2.24) is 10.4 Å². The molecule has 0 saturated carbocycles. The monoisotopic (exact) mass is 441 g/mol. The molecule has 1 unspecified atom stereocenters. The molecule has 9 heteroatoms. The van der Waals surface area contributed by atoms with Crippen LogP contribution in [0.5, 0.6) is 5.75 Å². The Morgan fingerprint density at radius 2 is 1.89 bits per heavy atom. The van der Waals surface area contributed by atoms with E-state index < -0.39 is 5.91 Å². The zero-order valence-electron chi connectivity index (χ0n) is 15.0. The van der Waals surface area contributed by atoms with E-state index in [1.165, 1.54) is 11.1 Å². The first-order chi connectivity index (χ1) is 13.4. The number of fused-ring (bicyclic) bond motifs is 1. The molecule has 28 heavy (non-hydrogen) atoms. The largest absolute Gasteiger partial charge is 0.482 e. The van der Waals surface area contributed by atoms with E-state index in [9.17, 15) is 9.59 Å². The fourth-order valence-corrected chi connectivity index (χ4v) is 3.48. The lowest BCUT2D eigenvalue weighted by Crippen LogP contribution is -2.58. The number of hydrogen-bond acceptors (Lipinski definition) is 4. The molecular weight excluding hydrogens is 425 g/mol. The predicted octanol–water partition coefficient (Wildman–Crippen LogP) is 4.75. The molecule has 0 saturated heterocycles. The first-order valence-electron chi connectivity index (χ1n) is 8.66. The summed E-state index contributed by atoms with van der Waals surface area (Å²) in [4.78, 5) is 25.3. The number of halogens is 3. The maximum absolute atomic E-state index is 12.9. The Morgan fingerprint density at radius 3 is 2.61 bits per heavy atom. The van der Waals surface area contributed by atoms with Crippen molar-refractivity contribution in [3.63, 3.8) is 0 Å². The summed E-state index contributed by atoms with van der Waals surface area (Å²) in [6, 6.07) is 9.73. The van der Waals surface area contributed by atoms with Crippen LogP contribution in [0.1, 0.15) is 30.1 Å². The Labute approximate surface area is 177 Å². The second kappa shape index (κ2) is 8.90. The summed E-state index contributed by atoms with van der Waals surface area (Å²) in [5, 5.41) is 5.73. The van der Waals surface area contributed by atoms with Crippen LogP contribution in [0.4, 0.5) is 5.69 Å². The highest BCUT2D eigenvalue weighted by Gasteiger charge is 2.33. The summed E-state index contributed by atoms with van der Waals surface area (Å²) in [6.45, 7) is 1.68. The van der Waals surface area contributed by atoms with Crippen LogP contribution in [0.15, 0.2) is 36.4 Å². The highest BCUT2D eigenvalue weighted by Crippen LogP contribution is 2.29. The topological polar surface area (TPSA) is 70.7 Å². The van der Waals surface area contributed by atoms with Crippen LogP contribution in [0.3, 0.4) is 0 Å². The van der Waals surface area contributed by atoms with Crippen molar-refractivity contribution in [2.24, 2.45) is 0 Å². The number of benzene rings is 2. The highest BCUT2D eigenvalue weighted by molar-refractivity contribution is 6.35. The molecule has 1 atom stereocenters. The normalized spacial score (nSPS) is 15.6. The van der Waals surface area contributed by atoms with Crippen LogP contribution >= 0.6 is 34.8 Å². The van der Waals surface area contributed by atoms with Gasteiger partial charge in [0.1, 0.15) is 11.9 Å². The van der Waals surface area contributed by atoms with Gasteiger partial charge in [0.25, 0.3) is 11.8 Å². The number of hydrogen-bond donors (Lipinski definition) is 2. The van der Waals surface area contributed by atoms with Crippen molar-refractivity contribution in [3.05, 3.63) is 57.0 Å². The zero-order valence-corrected chi connectivity index (χ0v) is 17.2. The Balaban J connectivity index is 1.71.